The minimum atomic E-state index is -0.906. The van der Waals surface area contributed by atoms with E-state index in [0.29, 0.717) is 35.6 Å². The molecule has 0 aliphatic rings. The number of amides is 1. The Balaban J connectivity index is 1.93. The second kappa shape index (κ2) is 8.73. The number of aryl methyl sites for hydroxylation is 1. The van der Waals surface area contributed by atoms with Gasteiger partial charge in [0.1, 0.15) is 0 Å². The van der Waals surface area contributed by atoms with Gasteiger partial charge in [0.05, 0.1) is 20.6 Å². The smallest absolute Gasteiger partial charge is 0.307 e. The van der Waals surface area contributed by atoms with Crippen molar-refractivity contribution in [2.75, 3.05) is 19.5 Å². The molecule has 2 N–H and O–H groups in total. The maximum atomic E-state index is 12.1. The molecular weight excluding hydrogens is 322 g/mol. The van der Waals surface area contributed by atoms with E-state index in [1.54, 1.807) is 44.6 Å². The number of aliphatic carboxylic acids is 1. The van der Waals surface area contributed by atoms with Crippen LogP contribution in [0.1, 0.15) is 17.5 Å². The van der Waals surface area contributed by atoms with Crippen LogP contribution >= 0.6 is 0 Å². The van der Waals surface area contributed by atoms with Crippen LogP contribution in [0.5, 0.6) is 11.5 Å². The number of benzene rings is 2. The van der Waals surface area contributed by atoms with Gasteiger partial charge in [0.25, 0.3) is 0 Å². The summed E-state index contributed by atoms with van der Waals surface area (Å²) in [7, 11) is 3.14. The van der Waals surface area contributed by atoms with Crippen molar-refractivity contribution in [1.82, 2.24) is 0 Å². The predicted octanol–water partition coefficient (Wildman–Crippen LogP) is 2.90. The van der Waals surface area contributed by atoms with Crippen LogP contribution in [-0.2, 0) is 22.4 Å². The molecule has 0 atom stereocenters. The lowest BCUT2D eigenvalue weighted by atomic mass is 10.1. The van der Waals surface area contributed by atoms with E-state index >= 15 is 0 Å². The van der Waals surface area contributed by atoms with Crippen LogP contribution in [0.15, 0.2) is 42.5 Å². The summed E-state index contributed by atoms with van der Waals surface area (Å²) < 4.78 is 10.4. The first-order valence-corrected chi connectivity index (χ1v) is 7.83. The lowest BCUT2D eigenvalue weighted by molar-refractivity contribution is -0.136. The Morgan fingerprint density at radius 2 is 1.76 bits per heavy atom. The van der Waals surface area contributed by atoms with Crippen molar-refractivity contribution in [3.05, 3.63) is 53.6 Å². The van der Waals surface area contributed by atoms with Gasteiger partial charge >= 0.3 is 5.97 Å². The zero-order chi connectivity index (χ0) is 18.2. The van der Waals surface area contributed by atoms with E-state index in [1.807, 2.05) is 12.1 Å². The highest BCUT2D eigenvalue weighted by Crippen LogP contribution is 2.28. The van der Waals surface area contributed by atoms with Crippen LogP contribution in [0, 0.1) is 0 Å². The fourth-order valence-corrected chi connectivity index (χ4v) is 2.45. The number of anilines is 1. The summed E-state index contributed by atoms with van der Waals surface area (Å²) in [5.41, 5.74) is 2.20. The Labute approximate surface area is 146 Å². The van der Waals surface area contributed by atoms with Gasteiger partial charge in [-0.3, -0.25) is 9.59 Å². The third-order valence-electron chi connectivity index (χ3n) is 3.65. The second-order valence-corrected chi connectivity index (χ2v) is 5.51. The predicted molar refractivity (Wildman–Crippen MR) is 94.3 cm³/mol. The average Bonchev–Trinajstić information content (AvgIpc) is 2.59. The third-order valence-corrected chi connectivity index (χ3v) is 3.65. The number of carboxylic acid groups (broad SMARTS) is 1. The number of hydrogen-bond donors (Lipinski definition) is 2. The number of ether oxygens (including phenoxy) is 2. The van der Waals surface area contributed by atoms with Gasteiger partial charge in [0.2, 0.25) is 5.91 Å². The van der Waals surface area contributed by atoms with Crippen molar-refractivity contribution in [3.8, 4) is 11.5 Å². The number of hydrogen-bond acceptors (Lipinski definition) is 4. The first-order valence-electron chi connectivity index (χ1n) is 7.83. The fourth-order valence-electron chi connectivity index (χ4n) is 2.45. The molecule has 6 nitrogen and oxygen atoms in total. The number of nitrogens with one attached hydrogen (secondary N) is 1. The topological polar surface area (TPSA) is 84.9 Å². The molecule has 6 heteroatoms. The van der Waals surface area contributed by atoms with E-state index < -0.39 is 5.97 Å². The summed E-state index contributed by atoms with van der Waals surface area (Å²) >= 11 is 0. The van der Waals surface area contributed by atoms with E-state index in [9.17, 15) is 9.59 Å². The Bertz CT molecular complexity index is 757. The molecule has 0 aliphatic heterocycles. The molecule has 0 unspecified atom stereocenters. The normalized spacial score (nSPS) is 10.2. The Morgan fingerprint density at radius 3 is 2.44 bits per heavy atom. The van der Waals surface area contributed by atoms with Gasteiger partial charge < -0.3 is 19.9 Å². The molecule has 0 saturated carbocycles. The minimum absolute atomic E-state index is 0.0741. The molecule has 2 aromatic rings. The van der Waals surface area contributed by atoms with Crippen LogP contribution in [-0.4, -0.2) is 31.2 Å². The molecule has 0 heterocycles. The quantitative estimate of drug-likeness (QED) is 0.770. The van der Waals surface area contributed by atoms with Crippen molar-refractivity contribution in [1.29, 1.82) is 0 Å². The molecule has 25 heavy (non-hydrogen) atoms. The lowest BCUT2D eigenvalue weighted by Crippen LogP contribution is -2.12. The summed E-state index contributed by atoms with van der Waals surface area (Å²) in [5, 5.41) is 11.6. The number of carboxylic acids is 1. The Morgan fingerprint density at radius 1 is 1.00 bits per heavy atom. The monoisotopic (exact) mass is 343 g/mol. The number of carbonyl (C=O) groups excluding carboxylic acids is 1. The van der Waals surface area contributed by atoms with Crippen molar-refractivity contribution in [2.24, 2.45) is 0 Å². The summed E-state index contributed by atoms with van der Waals surface area (Å²) in [4.78, 5) is 22.9. The molecule has 0 saturated heterocycles. The van der Waals surface area contributed by atoms with Gasteiger partial charge in [-0.2, -0.15) is 0 Å². The van der Waals surface area contributed by atoms with Gasteiger partial charge in [0.15, 0.2) is 11.5 Å². The molecular formula is C19H21NO5. The number of rotatable bonds is 8. The fraction of sp³-hybridized carbons (Fsp3) is 0.263. The van der Waals surface area contributed by atoms with Crippen molar-refractivity contribution < 1.29 is 24.2 Å². The average molecular weight is 343 g/mol. The van der Waals surface area contributed by atoms with Gasteiger partial charge in [-0.15, -0.1) is 0 Å². The minimum Gasteiger partial charge on any atom is -0.493 e. The van der Waals surface area contributed by atoms with Gasteiger partial charge in [0, 0.05) is 12.1 Å². The van der Waals surface area contributed by atoms with Crippen molar-refractivity contribution in [2.45, 2.75) is 19.3 Å². The molecule has 2 rings (SSSR count). The van der Waals surface area contributed by atoms with Crippen LogP contribution in [0.2, 0.25) is 0 Å². The lowest BCUT2D eigenvalue weighted by Gasteiger charge is -2.10. The molecule has 0 aliphatic carbocycles. The van der Waals surface area contributed by atoms with Gasteiger partial charge in [-0.25, -0.2) is 0 Å². The van der Waals surface area contributed by atoms with E-state index in [1.165, 1.54) is 0 Å². The number of carbonyl (C=O) groups is 2. The first kappa shape index (κ1) is 18.3. The summed E-state index contributed by atoms with van der Waals surface area (Å²) in [6.07, 6.45) is 0.787. The molecule has 2 aromatic carbocycles. The molecule has 0 aromatic heterocycles. The van der Waals surface area contributed by atoms with Crippen molar-refractivity contribution >= 4 is 17.6 Å². The largest absolute Gasteiger partial charge is 0.493 e. The van der Waals surface area contributed by atoms with Crippen LogP contribution < -0.4 is 14.8 Å². The molecule has 0 fully saturated rings. The summed E-state index contributed by atoms with van der Waals surface area (Å²) in [5.74, 6) is 0.229. The maximum Gasteiger partial charge on any atom is 0.307 e. The molecule has 0 bridgehead atoms. The van der Waals surface area contributed by atoms with E-state index in [2.05, 4.69) is 5.32 Å². The number of methoxy groups -OCH3 is 2. The molecule has 1 amide bonds. The van der Waals surface area contributed by atoms with Gasteiger partial charge in [-0.1, -0.05) is 18.2 Å². The van der Waals surface area contributed by atoms with E-state index in [-0.39, 0.29) is 12.3 Å². The Kier molecular flexibility index (Phi) is 6.39. The first-order chi connectivity index (χ1) is 12.0. The third kappa shape index (κ3) is 5.53. The highest BCUT2D eigenvalue weighted by atomic mass is 16.5. The summed E-state index contributed by atoms with van der Waals surface area (Å²) in [6.45, 7) is 0. The molecule has 132 valence electrons. The van der Waals surface area contributed by atoms with Gasteiger partial charge in [-0.05, 0) is 41.8 Å². The standard InChI is InChI=1S/C19H21NO5/c1-24-16-8-6-13(11-17(16)25-2)7-9-18(21)20-15-5-3-4-14(10-15)12-19(22)23/h3-6,8,10-11H,7,9,12H2,1-2H3,(H,20,21)(H,22,23). The van der Waals surface area contributed by atoms with E-state index in [0.717, 1.165) is 5.56 Å². The molecule has 0 radical (unpaired) electrons. The highest BCUT2D eigenvalue weighted by Gasteiger charge is 2.08. The van der Waals surface area contributed by atoms with Crippen LogP contribution in [0.25, 0.3) is 0 Å². The van der Waals surface area contributed by atoms with E-state index in [4.69, 9.17) is 14.6 Å². The summed E-state index contributed by atoms with van der Waals surface area (Å²) in [6, 6.07) is 12.4. The van der Waals surface area contributed by atoms with Crippen LogP contribution in [0.3, 0.4) is 0 Å². The second-order valence-electron chi connectivity index (χ2n) is 5.51. The SMILES string of the molecule is COc1ccc(CCC(=O)Nc2cccc(CC(=O)O)c2)cc1OC. The zero-order valence-corrected chi connectivity index (χ0v) is 14.2. The zero-order valence-electron chi connectivity index (χ0n) is 14.2. The Hall–Kier alpha value is -3.02. The van der Waals surface area contributed by atoms with Crippen LogP contribution in [0.4, 0.5) is 5.69 Å². The highest BCUT2D eigenvalue weighted by molar-refractivity contribution is 5.91. The van der Waals surface area contributed by atoms with Crippen molar-refractivity contribution in [3.63, 3.8) is 0 Å². The molecule has 0 spiro atoms. The maximum absolute atomic E-state index is 12.1.